The molecule has 15 heavy (non-hydrogen) atoms. The quantitative estimate of drug-likeness (QED) is 0.627. The van der Waals surface area contributed by atoms with Gasteiger partial charge in [0.05, 0.1) is 0 Å². The second kappa shape index (κ2) is 6.66. The number of hydrogen-bond donors (Lipinski definition) is 0. The van der Waals surface area contributed by atoms with Crippen LogP contribution in [0.4, 0.5) is 0 Å². The van der Waals surface area contributed by atoms with Crippen molar-refractivity contribution < 1.29 is 0 Å². The molecule has 0 N–H and O–H groups in total. The molecule has 0 saturated heterocycles. The molecular weight excluding hydrogens is 180 g/mol. The van der Waals surface area contributed by atoms with Gasteiger partial charge in [0, 0.05) is 0 Å². The molecule has 2 atom stereocenters. The third-order valence-electron chi connectivity index (χ3n) is 3.29. The average Bonchev–Trinajstić information content (AvgIpc) is 2.32. The van der Waals surface area contributed by atoms with E-state index in [9.17, 15) is 0 Å². The van der Waals surface area contributed by atoms with Crippen molar-refractivity contribution in [2.45, 2.75) is 45.4 Å². The van der Waals surface area contributed by atoms with Crippen LogP contribution >= 0.6 is 0 Å². The van der Waals surface area contributed by atoms with E-state index in [0.717, 1.165) is 6.42 Å². The van der Waals surface area contributed by atoms with Crippen LogP contribution in [0.5, 0.6) is 0 Å². The van der Waals surface area contributed by atoms with Crippen molar-refractivity contribution >= 4 is 0 Å². The highest BCUT2D eigenvalue weighted by molar-refractivity contribution is 5.19. The van der Waals surface area contributed by atoms with Gasteiger partial charge in [0.2, 0.25) is 0 Å². The van der Waals surface area contributed by atoms with Gasteiger partial charge in [-0.25, -0.2) is 0 Å². The second-order valence-corrected chi connectivity index (χ2v) is 4.26. The Kier molecular flexibility index (Phi) is 5.45. The minimum atomic E-state index is 0.676. The molecule has 0 heterocycles. The summed E-state index contributed by atoms with van der Waals surface area (Å²) in [6.45, 7) is 10.3. The molecule has 0 saturated carbocycles. The summed E-state index contributed by atoms with van der Waals surface area (Å²) in [7, 11) is 0. The molecule has 0 fully saturated rings. The SMILES string of the molecule is [CH]CC(CC)CC(CC)c1ccccc1. The maximum Gasteiger partial charge on any atom is -0.0162 e. The van der Waals surface area contributed by atoms with Gasteiger partial charge in [-0.1, -0.05) is 50.6 Å². The van der Waals surface area contributed by atoms with Gasteiger partial charge in [-0.3, -0.25) is 0 Å². The lowest BCUT2D eigenvalue weighted by Gasteiger charge is -2.20. The Morgan fingerprint density at radius 2 is 1.73 bits per heavy atom. The lowest BCUT2D eigenvalue weighted by molar-refractivity contribution is 0.417. The molecule has 0 nitrogen and oxygen atoms in total. The zero-order valence-electron chi connectivity index (χ0n) is 9.95. The fourth-order valence-electron chi connectivity index (χ4n) is 2.10. The fourth-order valence-corrected chi connectivity index (χ4v) is 2.10. The third-order valence-corrected chi connectivity index (χ3v) is 3.29. The summed E-state index contributed by atoms with van der Waals surface area (Å²) in [5, 5.41) is 0. The van der Waals surface area contributed by atoms with Crippen LogP contribution < -0.4 is 0 Å². The minimum Gasteiger partial charge on any atom is -0.0651 e. The Bertz CT molecular complexity index is 246. The van der Waals surface area contributed by atoms with Crippen molar-refractivity contribution in [3.63, 3.8) is 0 Å². The molecule has 0 spiro atoms. The van der Waals surface area contributed by atoms with Gasteiger partial charge < -0.3 is 0 Å². The number of rotatable bonds is 6. The number of hydrogen-bond acceptors (Lipinski definition) is 0. The van der Waals surface area contributed by atoms with E-state index in [2.05, 4.69) is 44.2 Å². The Labute approximate surface area is 94.7 Å². The van der Waals surface area contributed by atoms with Crippen LogP contribution in [0.25, 0.3) is 0 Å². The topological polar surface area (TPSA) is 0 Å². The molecular formula is C15H22. The Balaban J connectivity index is 2.64. The first-order valence-corrected chi connectivity index (χ1v) is 6.06. The maximum absolute atomic E-state index is 5.76. The average molecular weight is 202 g/mol. The van der Waals surface area contributed by atoms with Crippen LogP contribution in [0.2, 0.25) is 0 Å². The van der Waals surface area contributed by atoms with E-state index >= 15 is 0 Å². The smallest absolute Gasteiger partial charge is 0.0162 e. The zero-order valence-corrected chi connectivity index (χ0v) is 9.95. The van der Waals surface area contributed by atoms with E-state index in [1.165, 1.54) is 24.8 Å². The largest absolute Gasteiger partial charge is 0.0651 e. The first-order chi connectivity index (χ1) is 7.31. The minimum absolute atomic E-state index is 0.676. The second-order valence-electron chi connectivity index (χ2n) is 4.26. The van der Waals surface area contributed by atoms with Crippen LogP contribution in [-0.2, 0) is 0 Å². The van der Waals surface area contributed by atoms with Crippen molar-refractivity contribution in [1.29, 1.82) is 0 Å². The molecule has 2 unspecified atom stereocenters. The van der Waals surface area contributed by atoms with E-state index in [1.807, 2.05) is 0 Å². The predicted molar refractivity (Wildman–Crippen MR) is 66.8 cm³/mol. The Morgan fingerprint density at radius 3 is 2.20 bits per heavy atom. The van der Waals surface area contributed by atoms with Gasteiger partial charge in [-0.2, -0.15) is 0 Å². The van der Waals surface area contributed by atoms with Crippen LogP contribution in [-0.4, -0.2) is 0 Å². The first-order valence-electron chi connectivity index (χ1n) is 6.06. The van der Waals surface area contributed by atoms with Gasteiger partial charge >= 0.3 is 0 Å². The van der Waals surface area contributed by atoms with Gasteiger partial charge in [-0.15, -0.1) is 0 Å². The van der Waals surface area contributed by atoms with Crippen molar-refractivity contribution in [2.75, 3.05) is 0 Å². The summed E-state index contributed by atoms with van der Waals surface area (Å²) in [6.07, 6.45) is 4.45. The molecule has 0 heteroatoms. The molecule has 1 aromatic carbocycles. The monoisotopic (exact) mass is 202 g/mol. The molecule has 1 aromatic rings. The predicted octanol–water partition coefficient (Wildman–Crippen LogP) is 4.70. The van der Waals surface area contributed by atoms with Crippen molar-refractivity contribution in [2.24, 2.45) is 5.92 Å². The van der Waals surface area contributed by atoms with Crippen LogP contribution in [0, 0.1) is 12.8 Å². The zero-order chi connectivity index (χ0) is 11.1. The third kappa shape index (κ3) is 3.70. The van der Waals surface area contributed by atoms with E-state index in [1.54, 1.807) is 0 Å². The van der Waals surface area contributed by atoms with Crippen molar-refractivity contribution in [3.8, 4) is 0 Å². The Morgan fingerprint density at radius 1 is 1.07 bits per heavy atom. The summed E-state index contributed by atoms with van der Waals surface area (Å²) >= 11 is 0. The molecule has 0 amide bonds. The highest BCUT2D eigenvalue weighted by atomic mass is 14.2. The summed E-state index contributed by atoms with van der Waals surface area (Å²) in [6, 6.07) is 10.8. The van der Waals surface area contributed by atoms with E-state index in [4.69, 9.17) is 6.92 Å². The molecule has 1 rings (SSSR count). The first kappa shape index (κ1) is 12.3. The van der Waals surface area contributed by atoms with E-state index < -0.39 is 0 Å². The fraction of sp³-hybridized carbons (Fsp3) is 0.533. The summed E-state index contributed by atoms with van der Waals surface area (Å²) in [4.78, 5) is 0. The molecule has 0 aliphatic carbocycles. The molecule has 0 aliphatic heterocycles. The normalized spacial score (nSPS) is 13.1. The number of benzene rings is 1. The highest BCUT2D eigenvalue weighted by Crippen LogP contribution is 2.29. The summed E-state index contributed by atoms with van der Waals surface area (Å²) in [5.41, 5.74) is 1.46. The van der Waals surface area contributed by atoms with E-state index in [0.29, 0.717) is 11.8 Å². The van der Waals surface area contributed by atoms with Crippen molar-refractivity contribution in [3.05, 3.63) is 42.8 Å². The molecule has 2 radical (unpaired) electrons. The standard InChI is InChI=1S/C15H22/c1-4-13(5-2)12-14(6-3)15-10-8-7-9-11-15/h1,7-11,13-14H,4-6,12H2,2-3H3. The lowest BCUT2D eigenvalue weighted by atomic mass is 9.85. The molecule has 0 bridgehead atoms. The van der Waals surface area contributed by atoms with Crippen LogP contribution in [0.1, 0.15) is 51.0 Å². The highest BCUT2D eigenvalue weighted by Gasteiger charge is 2.13. The van der Waals surface area contributed by atoms with Gasteiger partial charge in [0.1, 0.15) is 0 Å². The van der Waals surface area contributed by atoms with Gasteiger partial charge in [0.15, 0.2) is 0 Å². The van der Waals surface area contributed by atoms with Crippen LogP contribution in [0.3, 0.4) is 0 Å². The summed E-state index contributed by atoms with van der Waals surface area (Å²) < 4.78 is 0. The van der Waals surface area contributed by atoms with E-state index in [-0.39, 0.29) is 0 Å². The lowest BCUT2D eigenvalue weighted by Crippen LogP contribution is -2.05. The molecule has 82 valence electrons. The van der Waals surface area contributed by atoms with Crippen LogP contribution in [0.15, 0.2) is 30.3 Å². The van der Waals surface area contributed by atoms with Crippen molar-refractivity contribution in [1.82, 2.24) is 0 Å². The molecule has 0 aromatic heterocycles. The molecule has 0 aliphatic rings. The summed E-state index contributed by atoms with van der Waals surface area (Å²) in [5.74, 6) is 1.36. The van der Waals surface area contributed by atoms with Gasteiger partial charge in [-0.05, 0) is 43.6 Å². The maximum atomic E-state index is 5.76. The Hall–Kier alpha value is -0.780. The van der Waals surface area contributed by atoms with Gasteiger partial charge in [0.25, 0.3) is 0 Å².